The van der Waals surface area contributed by atoms with Crippen molar-refractivity contribution >= 4 is 11.9 Å². The van der Waals surface area contributed by atoms with Crippen LogP contribution in [0.1, 0.15) is 40.0 Å². The van der Waals surface area contributed by atoms with E-state index in [2.05, 4.69) is 12.2 Å². The minimum absolute atomic E-state index is 0.0189. The van der Waals surface area contributed by atoms with Crippen molar-refractivity contribution in [3.8, 4) is 0 Å². The molecule has 1 amide bonds. The van der Waals surface area contributed by atoms with Crippen LogP contribution in [0.5, 0.6) is 0 Å². The molecule has 0 aromatic carbocycles. The van der Waals surface area contributed by atoms with Gasteiger partial charge in [0.2, 0.25) is 5.91 Å². The van der Waals surface area contributed by atoms with E-state index in [0.29, 0.717) is 19.5 Å². The molecule has 1 N–H and O–H groups in total. The molecule has 1 atom stereocenters. The minimum atomic E-state index is -0.380. The van der Waals surface area contributed by atoms with Gasteiger partial charge in [-0.2, -0.15) is 0 Å². The summed E-state index contributed by atoms with van der Waals surface area (Å²) in [6.07, 6.45) is 2.65. The fourth-order valence-electron chi connectivity index (χ4n) is 1.75. The molecule has 0 fully saturated rings. The number of carbonyl (C=O) groups is 2. The first kappa shape index (κ1) is 16.9. The van der Waals surface area contributed by atoms with E-state index in [0.717, 1.165) is 12.8 Å². The topological polar surface area (TPSA) is 58.6 Å². The number of unbranched alkanes of at least 4 members (excludes halogenated alkanes) is 1. The van der Waals surface area contributed by atoms with Gasteiger partial charge in [0.15, 0.2) is 0 Å². The third kappa shape index (κ3) is 6.00. The number of nitrogens with zero attached hydrogens (tertiary/aromatic N) is 1. The summed E-state index contributed by atoms with van der Waals surface area (Å²) in [4.78, 5) is 25.1. The molecule has 0 heterocycles. The lowest BCUT2D eigenvalue weighted by atomic mass is 10.1. The molecule has 0 aliphatic heterocycles. The maximum atomic E-state index is 11.8. The van der Waals surface area contributed by atoms with Crippen LogP contribution in [-0.4, -0.2) is 49.6 Å². The molecule has 5 heteroatoms. The first-order valence-electron chi connectivity index (χ1n) is 6.69. The van der Waals surface area contributed by atoms with Crippen molar-refractivity contribution in [2.45, 2.75) is 46.1 Å². The predicted octanol–water partition coefficient (Wildman–Crippen LogP) is 1.18. The quantitative estimate of drug-likeness (QED) is 0.631. The van der Waals surface area contributed by atoms with E-state index in [-0.39, 0.29) is 24.5 Å². The van der Waals surface area contributed by atoms with Gasteiger partial charge in [0.1, 0.15) is 6.04 Å². The molecule has 0 radical (unpaired) electrons. The molecule has 0 spiro atoms. The minimum Gasteiger partial charge on any atom is -0.468 e. The number of hydrogen-bond donors (Lipinski definition) is 1. The first-order chi connectivity index (χ1) is 8.60. The van der Waals surface area contributed by atoms with E-state index < -0.39 is 0 Å². The highest BCUT2D eigenvalue weighted by Crippen LogP contribution is 2.02. The van der Waals surface area contributed by atoms with E-state index >= 15 is 0 Å². The molecular formula is C13H26N2O3. The summed E-state index contributed by atoms with van der Waals surface area (Å²) in [6.45, 7) is 7.51. The van der Waals surface area contributed by atoms with Gasteiger partial charge < -0.3 is 9.64 Å². The maximum absolute atomic E-state index is 11.8. The van der Waals surface area contributed by atoms with Gasteiger partial charge in [-0.1, -0.05) is 19.8 Å². The normalized spacial score (nSPS) is 12.0. The lowest BCUT2D eigenvalue weighted by molar-refractivity contribution is -0.143. The second-order valence-electron chi connectivity index (χ2n) is 4.16. The fraction of sp³-hybridized carbons (Fsp3) is 0.846. The van der Waals surface area contributed by atoms with Crippen LogP contribution < -0.4 is 5.32 Å². The Morgan fingerprint density at radius 3 is 2.28 bits per heavy atom. The largest absolute Gasteiger partial charge is 0.468 e. The molecule has 0 aliphatic carbocycles. The number of esters is 1. The van der Waals surface area contributed by atoms with E-state index in [1.165, 1.54) is 7.11 Å². The Morgan fingerprint density at radius 1 is 1.22 bits per heavy atom. The summed E-state index contributed by atoms with van der Waals surface area (Å²) < 4.78 is 4.73. The molecule has 0 aromatic heterocycles. The maximum Gasteiger partial charge on any atom is 0.322 e. The second kappa shape index (κ2) is 9.88. The summed E-state index contributed by atoms with van der Waals surface area (Å²) in [6, 6.07) is -0.380. The van der Waals surface area contributed by atoms with Crippen LogP contribution in [0.3, 0.4) is 0 Å². The fourth-order valence-corrected chi connectivity index (χ4v) is 1.75. The lowest BCUT2D eigenvalue weighted by Gasteiger charge is -2.21. The monoisotopic (exact) mass is 258 g/mol. The number of hydrogen-bond acceptors (Lipinski definition) is 4. The summed E-state index contributed by atoms with van der Waals surface area (Å²) in [5.41, 5.74) is 0. The standard InChI is InChI=1S/C13H26N2O3/c1-5-8-9-11(13(17)18-4)14-10-12(16)15(6-2)7-3/h11,14H,5-10H2,1-4H3. The smallest absolute Gasteiger partial charge is 0.322 e. The van der Waals surface area contributed by atoms with Crippen LogP contribution in [0.15, 0.2) is 0 Å². The number of carbonyl (C=O) groups excluding carboxylic acids is 2. The van der Waals surface area contributed by atoms with Crippen molar-refractivity contribution in [2.75, 3.05) is 26.7 Å². The Hall–Kier alpha value is -1.10. The van der Waals surface area contributed by atoms with E-state index in [1.807, 2.05) is 13.8 Å². The lowest BCUT2D eigenvalue weighted by Crippen LogP contribution is -2.45. The second-order valence-corrected chi connectivity index (χ2v) is 4.16. The molecule has 106 valence electrons. The van der Waals surface area contributed by atoms with Crippen molar-refractivity contribution < 1.29 is 14.3 Å². The Bertz CT molecular complexity index is 253. The molecule has 0 aromatic rings. The van der Waals surface area contributed by atoms with Gasteiger partial charge in [-0.25, -0.2) is 0 Å². The summed E-state index contributed by atoms with van der Waals surface area (Å²) in [5.74, 6) is -0.277. The summed E-state index contributed by atoms with van der Waals surface area (Å²) >= 11 is 0. The molecule has 0 aliphatic rings. The Kier molecular flexibility index (Phi) is 9.28. The van der Waals surface area contributed by atoms with Gasteiger partial charge in [0.25, 0.3) is 0 Å². The van der Waals surface area contributed by atoms with Crippen LogP contribution in [0.4, 0.5) is 0 Å². The molecule has 0 saturated carbocycles. The van der Waals surface area contributed by atoms with Gasteiger partial charge in [-0.05, 0) is 20.3 Å². The van der Waals surface area contributed by atoms with Crippen molar-refractivity contribution in [2.24, 2.45) is 0 Å². The van der Waals surface area contributed by atoms with Crippen LogP contribution in [-0.2, 0) is 14.3 Å². The van der Waals surface area contributed by atoms with Gasteiger partial charge in [-0.3, -0.25) is 14.9 Å². The van der Waals surface area contributed by atoms with Gasteiger partial charge in [-0.15, -0.1) is 0 Å². The van der Waals surface area contributed by atoms with E-state index in [4.69, 9.17) is 4.74 Å². The van der Waals surface area contributed by atoms with Crippen molar-refractivity contribution in [3.05, 3.63) is 0 Å². The molecule has 0 saturated heterocycles. The number of rotatable bonds is 9. The summed E-state index contributed by atoms with van der Waals surface area (Å²) in [5, 5.41) is 2.99. The zero-order valence-corrected chi connectivity index (χ0v) is 12.0. The number of ether oxygens (including phenoxy) is 1. The predicted molar refractivity (Wildman–Crippen MR) is 71.3 cm³/mol. The molecule has 5 nitrogen and oxygen atoms in total. The molecule has 18 heavy (non-hydrogen) atoms. The van der Waals surface area contributed by atoms with Crippen molar-refractivity contribution in [1.29, 1.82) is 0 Å². The van der Waals surface area contributed by atoms with Crippen LogP contribution in [0, 0.1) is 0 Å². The SMILES string of the molecule is CCCCC(NCC(=O)N(CC)CC)C(=O)OC. The van der Waals surface area contributed by atoms with Gasteiger partial charge in [0, 0.05) is 13.1 Å². The Morgan fingerprint density at radius 2 is 1.83 bits per heavy atom. The zero-order chi connectivity index (χ0) is 14.0. The number of likely N-dealkylation sites (N-methyl/N-ethyl adjacent to an activating group) is 1. The Labute approximate surface area is 110 Å². The summed E-state index contributed by atoms with van der Waals surface area (Å²) in [7, 11) is 1.37. The van der Waals surface area contributed by atoms with Crippen LogP contribution in [0.25, 0.3) is 0 Å². The number of nitrogens with one attached hydrogen (secondary N) is 1. The van der Waals surface area contributed by atoms with Crippen LogP contribution >= 0.6 is 0 Å². The zero-order valence-electron chi connectivity index (χ0n) is 12.0. The molecule has 0 rings (SSSR count). The third-order valence-electron chi connectivity index (χ3n) is 2.95. The molecule has 0 bridgehead atoms. The van der Waals surface area contributed by atoms with Gasteiger partial charge >= 0.3 is 5.97 Å². The average molecular weight is 258 g/mol. The first-order valence-corrected chi connectivity index (χ1v) is 6.69. The Balaban J connectivity index is 4.24. The third-order valence-corrected chi connectivity index (χ3v) is 2.95. The van der Waals surface area contributed by atoms with E-state index in [9.17, 15) is 9.59 Å². The highest BCUT2D eigenvalue weighted by molar-refractivity contribution is 5.80. The highest BCUT2D eigenvalue weighted by atomic mass is 16.5. The van der Waals surface area contributed by atoms with Crippen molar-refractivity contribution in [1.82, 2.24) is 10.2 Å². The number of methoxy groups -OCH3 is 1. The average Bonchev–Trinajstić information content (AvgIpc) is 2.39. The van der Waals surface area contributed by atoms with Crippen molar-refractivity contribution in [3.63, 3.8) is 0 Å². The highest BCUT2D eigenvalue weighted by Gasteiger charge is 2.20. The van der Waals surface area contributed by atoms with Crippen LogP contribution in [0.2, 0.25) is 0 Å². The van der Waals surface area contributed by atoms with Gasteiger partial charge in [0.05, 0.1) is 13.7 Å². The van der Waals surface area contributed by atoms with E-state index in [1.54, 1.807) is 4.90 Å². The number of amides is 1. The molecular weight excluding hydrogens is 232 g/mol. The molecule has 1 unspecified atom stereocenters.